The number of hydrogen-bond donors (Lipinski definition) is 1. The van der Waals surface area contributed by atoms with Gasteiger partial charge in [0.05, 0.1) is 11.0 Å². The normalized spacial score (nSPS) is 10.8. The quantitative estimate of drug-likeness (QED) is 0.395. The van der Waals surface area contributed by atoms with Crippen molar-refractivity contribution in [1.29, 1.82) is 0 Å². The number of nitro groups is 1. The van der Waals surface area contributed by atoms with Gasteiger partial charge in [-0.25, -0.2) is 4.39 Å². The van der Waals surface area contributed by atoms with Gasteiger partial charge in [0.25, 0.3) is 12.2 Å². The van der Waals surface area contributed by atoms with Gasteiger partial charge in [-0.3, -0.25) is 19.7 Å². The lowest BCUT2D eigenvalue weighted by Crippen LogP contribution is -2.30. The molecule has 0 saturated heterocycles. The molecule has 1 aromatic rings. The molecule has 0 aromatic heterocycles. The van der Waals surface area contributed by atoms with Crippen LogP contribution >= 0.6 is 0 Å². The average Bonchev–Trinajstić information content (AvgIpc) is 2.30. The number of rotatable bonds is 4. The molecular formula is C9H4F4N2O5. The second-order valence-corrected chi connectivity index (χ2v) is 3.22. The number of nitrogens with one attached hydrogen (secondary N) is 1. The maximum Gasteiger partial charge on any atom is 0.471 e. The van der Waals surface area contributed by atoms with E-state index in [1.807, 2.05) is 0 Å². The monoisotopic (exact) mass is 296 g/mol. The third-order valence-electron chi connectivity index (χ3n) is 1.91. The summed E-state index contributed by atoms with van der Waals surface area (Å²) in [7, 11) is 0. The van der Waals surface area contributed by atoms with Crippen LogP contribution in [-0.4, -0.2) is 23.5 Å². The fourth-order valence-electron chi connectivity index (χ4n) is 1.17. The summed E-state index contributed by atoms with van der Waals surface area (Å²) in [6.07, 6.45) is -5.33. The van der Waals surface area contributed by atoms with Crippen LogP contribution in [0.3, 0.4) is 0 Å². The summed E-state index contributed by atoms with van der Waals surface area (Å²) in [5.41, 5.74) is -2.27. The highest BCUT2D eigenvalue weighted by Gasteiger charge is 2.40. The third-order valence-corrected chi connectivity index (χ3v) is 1.91. The zero-order valence-electron chi connectivity index (χ0n) is 9.23. The fraction of sp³-hybridized carbons (Fsp3) is 0.111. The van der Waals surface area contributed by atoms with Gasteiger partial charge in [-0.15, -0.1) is 0 Å². The van der Waals surface area contributed by atoms with Crippen LogP contribution in [0.25, 0.3) is 0 Å². The molecule has 20 heavy (non-hydrogen) atoms. The Labute approximate surface area is 107 Å². The molecule has 0 saturated carbocycles. The number of ether oxygens (including phenoxy) is 1. The maximum atomic E-state index is 13.0. The lowest BCUT2D eigenvalue weighted by Gasteiger charge is -2.11. The van der Waals surface area contributed by atoms with Gasteiger partial charge in [-0.2, -0.15) is 13.2 Å². The molecule has 0 bridgehead atoms. The molecule has 0 aliphatic rings. The van der Waals surface area contributed by atoms with Gasteiger partial charge < -0.3 is 10.1 Å². The SMILES string of the molecule is O=COc1cc(F)cc([N+](=O)[O-])c1NC(=O)C(F)(F)F. The number of alkyl halides is 3. The van der Waals surface area contributed by atoms with Gasteiger partial charge in [-0.05, 0) is 0 Å². The first kappa shape index (κ1) is 15.3. The molecule has 0 radical (unpaired) electrons. The number of carbonyl (C=O) groups is 2. The van der Waals surface area contributed by atoms with E-state index < -0.39 is 39.9 Å². The average molecular weight is 296 g/mol. The van der Waals surface area contributed by atoms with Crippen molar-refractivity contribution >= 4 is 23.8 Å². The van der Waals surface area contributed by atoms with Gasteiger partial charge in [0, 0.05) is 6.07 Å². The van der Waals surface area contributed by atoms with Crippen LogP contribution in [0.15, 0.2) is 12.1 Å². The zero-order valence-corrected chi connectivity index (χ0v) is 9.23. The van der Waals surface area contributed by atoms with E-state index >= 15 is 0 Å². The maximum absolute atomic E-state index is 13.0. The van der Waals surface area contributed by atoms with Crippen molar-refractivity contribution in [3.05, 3.63) is 28.1 Å². The van der Waals surface area contributed by atoms with Crippen molar-refractivity contribution in [3.8, 4) is 5.75 Å². The zero-order chi connectivity index (χ0) is 15.5. The van der Waals surface area contributed by atoms with E-state index in [1.54, 1.807) is 0 Å². The Bertz CT molecular complexity index is 572. The highest BCUT2D eigenvalue weighted by molar-refractivity contribution is 5.98. The van der Waals surface area contributed by atoms with E-state index in [4.69, 9.17) is 0 Å². The summed E-state index contributed by atoms with van der Waals surface area (Å²) < 4.78 is 53.4. The number of carbonyl (C=O) groups excluding carboxylic acids is 2. The van der Waals surface area contributed by atoms with Crippen LogP contribution in [0.4, 0.5) is 28.9 Å². The van der Waals surface area contributed by atoms with E-state index in [1.165, 1.54) is 0 Å². The Hall–Kier alpha value is -2.72. The third kappa shape index (κ3) is 3.40. The molecule has 7 nitrogen and oxygen atoms in total. The summed E-state index contributed by atoms with van der Waals surface area (Å²) >= 11 is 0. The number of nitrogens with zero attached hydrogens (tertiary/aromatic N) is 1. The fourth-order valence-corrected chi connectivity index (χ4v) is 1.17. The minimum absolute atomic E-state index is 0.268. The van der Waals surface area contributed by atoms with Gasteiger partial charge in [0.15, 0.2) is 11.4 Å². The minimum Gasteiger partial charge on any atom is -0.426 e. The van der Waals surface area contributed by atoms with Crippen molar-refractivity contribution in [2.75, 3.05) is 5.32 Å². The Morgan fingerprint density at radius 2 is 2.00 bits per heavy atom. The van der Waals surface area contributed by atoms with E-state index in [9.17, 15) is 37.3 Å². The van der Waals surface area contributed by atoms with Crippen LogP contribution in [0.2, 0.25) is 0 Å². The van der Waals surface area contributed by atoms with Crippen LogP contribution in [0.5, 0.6) is 5.75 Å². The molecule has 11 heteroatoms. The Kier molecular flexibility index (Phi) is 4.22. The second-order valence-electron chi connectivity index (χ2n) is 3.22. The molecule has 1 rings (SSSR count). The lowest BCUT2D eigenvalue weighted by atomic mass is 10.2. The van der Waals surface area contributed by atoms with Gasteiger partial charge in [0.2, 0.25) is 0 Å². The van der Waals surface area contributed by atoms with E-state index in [2.05, 4.69) is 4.74 Å². The molecule has 0 aliphatic carbocycles. The first-order valence-electron chi connectivity index (χ1n) is 4.63. The molecule has 0 heterocycles. The van der Waals surface area contributed by atoms with E-state index in [-0.39, 0.29) is 12.5 Å². The molecule has 108 valence electrons. The minimum atomic E-state index is -5.33. The lowest BCUT2D eigenvalue weighted by molar-refractivity contribution is -0.384. The highest BCUT2D eigenvalue weighted by Crippen LogP contribution is 2.36. The summed E-state index contributed by atoms with van der Waals surface area (Å²) in [5.74, 6) is -4.70. The van der Waals surface area contributed by atoms with Gasteiger partial charge in [-0.1, -0.05) is 0 Å². The second kappa shape index (κ2) is 5.50. The molecule has 0 unspecified atom stereocenters. The van der Waals surface area contributed by atoms with E-state index in [0.29, 0.717) is 6.07 Å². The van der Waals surface area contributed by atoms with Crippen molar-refractivity contribution in [3.63, 3.8) is 0 Å². The van der Waals surface area contributed by atoms with Crippen molar-refractivity contribution < 1.29 is 36.8 Å². The predicted octanol–water partition coefficient (Wildman–Crippen LogP) is 1.77. The van der Waals surface area contributed by atoms with Crippen LogP contribution in [-0.2, 0) is 9.59 Å². The first-order valence-corrected chi connectivity index (χ1v) is 4.63. The van der Waals surface area contributed by atoms with Gasteiger partial charge >= 0.3 is 12.1 Å². The number of benzene rings is 1. The molecule has 1 N–H and O–H groups in total. The Balaban J connectivity index is 3.36. The predicted molar refractivity (Wildman–Crippen MR) is 54.4 cm³/mol. The van der Waals surface area contributed by atoms with Crippen LogP contribution < -0.4 is 10.1 Å². The molecule has 0 spiro atoms. The first-order chi connectivity index (χ1) is 9.16. The summed E-state index contributed by atoms with van der Waals surface area (Å²) in [6, 6.07) is 0.678. The number of anilines is 1. The van der Waals surface area contributed by atoms with Gasteiger partial charge in [0.1, 0.15) is 5.82 Å². The largest absolute Gasteiger partial charge is 0.471 e. The standard InChI is InChI=1S/C9H4F4N2O5/c10-4-1-5(15(18)19)7(6(2-4)20-3-16)14-8(17)9(11,12)13/h1-3H,(H,14,17). The topological polar surface area (TPSA) is 98.5 Å². The Morgan fingerprint density at radius 3 is 2.45 bits per heavy atom. The number of halogens is 4. The summed E-state index contributed by atoms with van der Waals surface area (Å²) in [5, 5.41) is 11.8. The molecular weight excluding hydrogens is 292 g/mol. The molecule has 0 fully saturated rings. The van der Waals surface area contributed by atoms with Crippen molar-refractivity contribution in [2.24, 2.45) is 0 Å². The number of amides is 1. The summed E-state index contributed by atoms with van der Waals surface area (Å²) in [6.45, 7) is -0.290. The molecule has 1 aromatic carbocycles. The van der Waals surface area contributed by atoms with Crippen LogP contribution in [0, 0.1) is 15.9 Å². The summed E-state index contributed by atoms with van der Waals surface area (Å²) in [4.78, 5) is 30.3. The van der Waals surface area contributed by atoms with E-state index in [0.717, 1.165) is 5.32 Å². The molecule has 0 atom stereocenters. The van der Waals surface area contributed by atoms with Crippen molar-refractivity contribution in [1.82, 2.24) is 0 Å². The molecule has 1 amide bonds. The van der Waals surface area contributed by atoms with Crippen LogP contribution in [0.1, 0.15) is 0 Å². The van der Waals surface area contributed by atoms with Crippen molar-refractivity contribution in [2.45, 2.75) is 6.18 Å². The number of hydrogen-bond acceptors (Lipinski definition) is 5. The highest BCUT2D eigenvalue weighted by atomic mass is 19.4. The smallest absolute Gasteiger partial charge is 0.426 e. The molecule has 0 aliphatic heterocycles. The Morgan fingerprint density at radius 1 is 1.40 bits per heavy atom. The number of nitro benzene ring substituents is 1.